The van der Waals surface area contributed by atoms with E-state index in [1.54, 1.807) is 0 Å². The molecule has 1 rings (SSSR count). The van der Waals surface area contributed by atoms with E-state index in [0.29, 0.717) is 0 Å². The molecule has 0 unspecified atom stereocenters. The Hall–Kier alpha value is -1.02. The molecule has 13 heavy (non-hydrogen) atoms. The summed E-state index contributed by atoms with van der Waals surface area (Å²) in [7, 11) is 0. The molecule has 0 heterocycles. The molecule has 0 aliphatic carbocycles. The third-order valence-corrected chi connectivity index (χ3v) is 2.04. The van der Waals surface area contributed by atoms with Gasteiger partial charge in [0.1, 0.15) is 5.88 Å². The predicted molar refractivity (Wildman–Crippen MR) is 55.2 cm³/mol. The summed E-state index contributed by atoms with van der Waals surface area (Å²) >= 11 is 5.39. The first-order chi connectivity index (χ1) is 6.27. The second-order valence-corrected chi connectivity index (χ2v) is 2.96. The molecule has 0 aliphatic heterocycles. The van der Waals surface area contributed by atoms with Gasteiger partial charge in [-0.25, -0.2) is 0 Å². The Balaban J connectivity index is 2.81. The van der Waals surface area contributed by atoms with Gasteiger partial charge in [0.15, 0.2) is 0 Å². The number of alkyl halides is 1. The second-order valence-electron chi connectivity index (χ2n) is 2.69. The maximum atomic E-state index is 11.0. The minimum atomic E-state index is -0.164. The van der Waals surface area contributed by atoms with Crippen molar-refractivity contribution in [3.63, 3.8) is 0 Å². The first kappa shape index (κ1) is 10.1. The molecule has 0 spiro atoms. The third kappa shape index (κ3) is 2.74. The summed E-state index contributed by atoms with van der Waals surface area (Å²) in [5, 5.41) is 2.74. The SMILES string of the molecule is CCc1ccccc1NC(=O)CCl. The fraction of sp³-hybridized carbons (Fsp3) is 0.300. The van der Waals surface area contributed by atoms with Crippen LogP contribution in [0, 0.1) is 0 Å². The Kier molecular flexibility index (Phi) is 3.77. The lowest BCUT2D eigenvalue weighted by atomic mass is 10.1. The number of hydrogen-bond acceptors (Lipinski definition) is 1. The number of benzene rings is 1. The van der Waals surface area contributed by atoms with E-state index in [1.807, 2.05) is 31.2 Å². The largest absolute Gasteiger partial charge is 0.325 e. The monoisotopic (exact) mass is 197 g/mol. The molecular formula is C10H12ClNO. The molecule has 3 heteroatoms. The Labute approximate surface area is 82.9 Å². The Morgan fingerprint density at radius 1 is 1.46 bits per heavy atom. The zero-order valence-corrected chi connectivity index (χ0v) is 8.27. The summed E-state index contributed by atoms with van der Waals surface area (Å²) in [4.78, 5) is 11.0. The quantitative estimate of drug-likeness (QED) is 0.741. The lowest BCUT2D eigenvalue weighted by Gasteiger charge is -2.07. The van der Waals surface area contributed by atoms with E-state index in [1.165, 1.54) is 0 Å². The third-order valence-electron chi connectivity index (χ3n) is 1.79. The number of halogens is 1. The van der Waals surface area contributed by atoms with E-state index in [-0.39, 0.29) is 11.8 Å². The van der Waals surface area contributed by atoms with Crippen molar-refractivity contribution < 1.29 is 4.79 Å². The molecule has 0 bridgehead atoms. The minimum Gasteiger partial charge on any atom is -0.325 e. The van der Waals surface area contributed by atoms with Gasteiger partial charge in [-0.15, -0.1) is 11.6 Å². The second kappa shape index (κ2) is 4.87. The van der Waals surface area contributed by atoms with Gasteiger partial charge in [0.25, 0.3) is 0 Å². The molecule has 0 saturated carbocycles. The van der Waals surface area contributed by atoms with Crippen molar-refractivity contribution in [2.75, 3.05) is 11.2 Å². The molecular weight excluding hydrogens is 186 g/mol. The maximum absolute atomic E-state index is 11.0. The highest BCUT2D eigenvalue weighted by molar-refractivity contribution is 6.29. The van der Waals surface area contributed by atoms with Crippen molar-refractivity contribution in [2.45, 2.75) is 13.3 Å². The molecule has 0 atom stereocenters. The average molecular weight is 198 g/mol. The Morgan fingerprint density at radius 2 is 2.15 bits per heavy atom. The number of hydrogen-bond donors (Lipinski definition) is 1. The molecule has 2 nitrogen and oxygen atoms in total. The molecule has 0 fully saturated rings. The van der Waals surface area contributed by atoms with E-state index in [2.05, 4.69) is 5.32 Å². The zero-order chi connectivity index (χ0) is 9.68. The van der Waals surface area contributed by atoms with Crippen molar-refractivity contribution in [1.82, 2.24) is 0 Å². The Morgan fingerprint density at radius 3 is 2.77 bits per heavy atom. The highest BCUT2D eigenvalue weighted by Gasteiger charge is 2.02. The molecule has 1 aromatic carbocycles. The normalized spacial score (nSPS) is 9.69. The number of amides is 1. The van der Waals surface area contributed by atoms with Crippen LogP contribution in [0.4, 0.5) is 5.69 Å². The van der Waals surface area contributed by atoms with Gasteiger partial charge in [0.2, 0.25) is 5.91 Å². The topological polar surface area (TPSA) is 29.1 Å². The fourth-order valence-electron chi connectivity index (χ4n) is 1.13. The molecule has 70 valence electrons. The van der Waals surface area contributed by atoms with Crippen molar-refractivity contribution in [2.24, 2.45) is 0 Å². The van der Waals surface area contributed by atoms with Crippen molar-refractivity contribution >= 4 is 23.2 Å². The number of para-hydroxylation sites is 1. The van der Waals surface area contributed by atoms with Crippen LogP contribution >= 0.6 is 11.6 Å². The molecule has 0 saturated heterocycles. The summed E-state index contributed by atoms with van der Waals surface area (Å²) in [6.45, 7) is 2.05. The van der Waals surface area contributed by atoms with E-state index >= 15 is 0 Å². The van der Waals surface area contributed by atoms with E-state index in [4.69, 9.17) is 11.6 Å². The number of carbonyl (C=O) groups is 1. The van der Waals surface area contributed by atoms with Crippen molar-refractivity contribution in [1.29, 1.82) is 0 Å². The van der Waals surface area contributed by atoms with Crippen LogP contribution in [0.1, 0.15) is 12.5 Å². The van der Waals surface area contributed by atoms with E-state index in [9.17, 15) is 4.79 Å². The van der Waals surface area contributed by atoms with Crippen molar-refractivity contribution in [3.05, 3.63) is 29.8 Å². The molecule has 0 aromatic heterocycles. The summed E-state index contributed by atoms with van der Waals surface area (Å²) in [5.74, 6) is -0.166. The maximum Gasteiger partial charge on any atom is 0.239 e. The fourth-order valence-corrected chi connectivity index (χ4v) is 1.20. The van der Waals surface area contributed by atoms with Gasteiger partial charge in [-0.2, -0.15) is 0 Å². The lowest BCUT2D eigenvalue weighted by molar-refractivity contribution is -0.113. The summed E-state index contributed by atoms with van der Waals surface area (Å²) in [6, 6.07) is 7.71. The van der Waals surface area contributed by atoms with Crippen LogP contribution in [-0.4, -0.2) is 11.8 Å². The zero-order valence-electron chi connectivity index (χ0n) is 7.51. The molecule has 1 aromatic rings. The average Bonchev–Trinajstić information content (AvgIpc) is 2.18. The molecule has 0 aliphatic rings. The van der Waals surface area contributed by atoms with Crippen LogP contribution < -0.4 is 5.32 Å². The van der Waals surface area contributed by atoms with E-state index in [0.717, 1.165) is 17.7 Å². The van der Waals surface area contributed by atoms with Gasteiger partial charge in [-0.3, -0.25) is 4.79 Å². The van der Waals surface area contributed by atoms with Crippen LogP contribution in [-0.2, 0) is 11.2 Å². The van der Waals surface area contributed by atoms with Gasteiger partial charge < -0.3 is 5.32 Å². The standard InChI is InChI=1S/C10H12ClNO/c1-2-8-5-3-4-6-9(8)12-10(13)7-11/h3-6H,2,7H2,1H3,(H,12,13). The van der Waals surface area contributed by atoms with Gasteiger partial charge >= 0.3 is 0 Å². The molecule has 1 amide bonds. The van der Waals surface area contributed by atoms with Gasteiger partial charge in [0.05, 0.1) is 0 Å². The number of rotatable bonds is 3. The van der Waals surface area contributed by atoms with E-state index < -0.39 is 0 Å². The van der Waals surface area contributed by atoms with Crippen LogP contribution in [0.25, 0.3) is 0 Å². The highest BCUT2D eigenvalue weighted by Crippen LogP contribution is 2.15. The van der Waals surface area contributed by atoms with Crippen LogP contribution in [0.2, 0.25) is 0 Å². The van der Waals surface area contributed by atoms with Crippen molar-refractivity contribution in [3.8, 4) is 0 Å². The number of aryl methyl sites for hydroxylation is 1. The first-order valence-electron chi connectivity index (χ1n) is 4.21. The first-order valence-corrected chi connectivity index (χ1v) is 4.75. The molecule has 0 radical (unpaired) electrons. The van der Waals surface area contributed by atoms with Crippen LogP contribution in [0.15, 0.2) is 24.3 Å². The minimum absolute atomic E-state index is 0.00194. The summed E-state index contributed by atoms with van der Waals surface area (Å²) in [6.07, 6.45) is 0.902. The number of carbonyl (C=O) groups excluding carboxylic acids is 1. The predicted octanol–water partition coefficient (Wildman–Crippen LogP) is 2.43. The highest BCUT2D eigenvalue weighted by atomic mass is 35.5. The number of anilines is 1. The summed E-state index contributed by atoms with van der Waals surface area (Å²) in [5.41, 5.74) is 1.98. The van der Waals surface area contributed by atoms with Crippen LogP contribution in [0.3, 0.4) is 0 Å². The van der Waals surface area contributed by atoms with Crippen LogP contribution in [0.5, 0.6) is 0 Å². The smallest absolute Gasteiger partial charge is 0.239 e. The summed E-state index contributed by atoms with van der Waals surface area (Å²) < 4.78 is 0. The van der Waals surface area contributed by atoms with Gasteiger partial charge in [-0.1, -0.05) is 25.1 Å². The number of nitrogens with one attached hydrogen (secondary N) is 1. The molecule has 1 N–H and O–H groups in total. The van der Waals surface area contributed by atoms with Gasteiger partial charge in [0, 0.05) is 5.69 Å². The lowest BCUT2D eigenvalue weighted by Crippen LogP contribution is -2.13. The Bertz CT molecular complexity index is 299. The van der Waals surface area contributed by atoms with Gasteiger partial charge in [-0.05, 0) is 18.1 Å².